The van der Waals surface area contributed by atoms with Crippen molar-refractivity contribution in [3.63, 3.8) is 0 Å². The molecule has 0 aliphatic heterocycles. The third-order valence-corrected chi connectivity index (χ3v) is 2.78. The molecule has 3 nitrogen and oxygen atoms in total. The van der Waals surface area contributed by atoms with Gasteiger partial charge in [-0.25, -0.2) is 4.39 Å². The molecule has 1 aromatic heterocycles. The van der Waals surface area contributed by atoms with Crippen LogP contribution in [0.2, 0.25) is 0 Å². The molecule has 1 aromatic carbocycles. The van der Waals surface area contributed by atoms with Gasteiger partial charge in [0.05, 0.1) is 7.11 Å². The number of halogens is 1. The van der Waals surface area contributed by atoms with Crippen LogP contribution in [0.5, 0.6) is 5.75 Å². The summed E-state index contributed by atoms with van der Waals surface area (Å²) in [5.74, 6) is -0.123. The van der Waals surface area contributed by atoms with E-state index in [2.05, 4.69) is 4.98 Å². The van der Waals surface area contributed by atoms with E-state index in [1.54, 1.807) is 18.5 Å². The van der Waals surface area contributed by atoms with E-state index in [1.165, 1.54) is 13.2 Å². The van der Waals surface area contributed by atoms with Crippen LogP contribution in [0.25, 0.3) is 0 Å². The average Bonchev–Trinajstić information content (AvgIpc) is 2.40. The van der Waals surface area contributed by atoms with Crippen molar-refractivity contribution >= 4 is 0 Å². The maximum absolute atomic E-state index is 13.5. The summed E-state index contributed by atoms with van der Waals surface area (Å²) >= 11 is 0. The van der Waals surface area contributed by atoms with Gasteiger partial charge in [-0.1, -0.05) is 12.1 Å². The lowest BCUT2D eigenvalue weighted by atomic mass is 10.0. The minimum atomic E-state index is -0.367. The van der Waals surface area contributed by atoms with Gasteiger partial charge < -0.3 is 10.5 Å². The zero-order chi connectivity index (χ0) is 13.0. The van der Waals surface area contributed by atoms with Crippen molar-refractivity contribution in [1.82, 2.24) is 4.98 Å². The monoisotopic (exact) mass is 246 g/mol. The van der Waals surface area contributed by atoms with E-state index in [0.717, 1.165) is 11.1 Å². The van der Waals surface area contributed by atoms with Gasteiger partial charge in [0.1, 0.15) is 0 Å². The van der Waals surface area contributed by atoms with Gasteiger partial charge in [-0.2, -0.15) is 0 Å². The molecule has 1 unspecified atom stereocenters. The number of hydrogen-bond acceptors (Lipinski definition) is 3. The largest absolute Gasteiger partial charge is 0.494 e. The predicted molar refractivity (Wildman–Crippen MR) is 67.8 cm³/mol. The summed E-state index contributed by atoms with van der Waals surface area (Å²) in [4.78, 5) is 4.02. The van der Waals surface area contributed by atoms with E-state index in [0.29, 0.717) is 6.42 Å². The van der Waals surface area contributed by atoms with Crippen molar-refractivity contribution in [2.45, 2.75) is 12.5 Å². The minimum Gasteiger partial charge on any atom is -0.494 e. The molecular weight excluding hydrogens is 231 g/mol. The lowest BCUT2D eigenvalue weighted by molar-refractivity contribution is 0.386. The standard InChI is InChI=1S/C14H15FN2O/c1-18-14-5-4-10(7-12(14)15)8-13(16)11-3-2-6-17-9-11/h2-7,9,13H,8,16H2,1H3. The highest BCUT2D eigenvalue weighted by atomic mass is 19.1. The number of methoxy groups -OCH3 is 1. The second kappa shape index (κ2) is 5.60. The van der Waals surface area contributed by atoms with Gasteiger partial charge in [0, 0.05) is 18.4 Å². The molecule has 0 saturated heterocycles. The van der Waals surface area contributed by atoms with Crippen molar-refractivity contribution in [2.24, 2.45) is 5.73 Å². The summed E-state index contributed by atoms with van der Waals surface area (Å²) in [6, 6.07) is 8.45. The molecule has 0 aliphatic rings. The number of nitrogens with two attached hydrogens (primary N) is 1. The number of aromatic nitrogens is 1. The Kier molecular flexibility index (Phi) is 3.89. The maximum atomic E-state index is 13.5. The molecule has 94 valence electrons. The van der Waals surface area contributed by atoms with Crippen molar-refractivity contribution in [3.05, 3.63) is 59.7 Å². The van der Waals surface area contributed by atoms with E-state index in [4.69, 9.17) is 10.5 Å². The summed E-state index contributed by atoms with van der Waals surface area (Å²) < 4.78 is 18.4. The number of pyridine rings is 1. The van der Waals surface area contributed by atoms with Gasteiger partial charge in [-0.05, 0) is 35.7 Å². The maximum Gasteiger partial charge on any atom is 0.165 e. The van der Waals surface area contributed by atoms with Crippen LogP contribution in [-0.4, -0.2) is 12.1 Å². The first kappa shape index (κ1) is 12.5. The Labute approximate surface area is 105 Å². The highest BCUT2D eigenvalue weighted by Crippen LogP contribution is 2.21. The van der Waals surface area contributed by atoms with E-state index >= 15 is 0 Å². The van der Waals surface area contributed by atoms with Crippen molar-refractivity contribution in [2.75, 3.05) is 7.11 Å². The molecule has 0 saturated carbocycles. The van der Waals surface area contributed by atoms with E-state index in [1.807, 2.05) is 18.2 Å². The SMILES string of the molecule is COc1ccc(CC(N)c2cccnc2)cc1F. The third kappa shape index (κ3) is 2.84. The highest BCUT2D eigenvalue weighted by Gasteiger charge is 2.09. The predicted octanol–water partition coefficient (Wildman–Crippen LogP) is 2.47. The first-order valence-electron chi connectivity index (χ1n) is 5.68. The Morgan fingerprint density at radius 2 is 2.22 bits per heavy atom. The Balaban J connectivity index is 2.12. The summed E-state index contributed by atoms with van der Waals surface area (Å²) in [6.45, 7) is 0. The smallest absolute Gasteiger partial charge is 0.165 e. The van der Waals surface area contributed by atoms with E-state index < -0.39 is 0 Å². The first-order valence-corrected chi connectivity index (χ1v) is 5.68. The molecule has 0 aliphatic carbocycles. The molecule has 2 rings (SSSR count). The van der Waals surface area contributed by atoms with Gasteiger partial charge in [0.25, 0.3) is 0 Å². The molecule has 0 fully saturated rings. The molecule has 2 aromatic rings. The lowest BCUT2D eigenvalue weighted by Gasteiger charge is -2.12. The van der Waals surface area contributed by atoms with Crippen molar-refractivity contribution < 1.29 is 9.13 Å². The molecule has 18 heavy (non-hydrogen) atoms. The number of hydrogen-bond donors (Lipinski definition) is 1. The van der Waals surface area contributed by atoms with Crippen LogP contribution in [0.3, 0.4) is 0 Å². The van der Waals surface area contributed by atoms with Crippen molar-refractivity contribution in [3.8, 4) is 5.75 Å². The fourth-order valence-corrected chi connectivity index (χ4v) is 1.80. The van der Waals surface area contributed by atoms with E-state index in [9.17, 15) is 4.39 Å². The summed E-state index contributed by atoms with van der Waals surface area (Å²) in [5.41, 5.74) is 7.83. The van der Waals surface area contributed by atoms with Crippen LogP contribution in [-0.2, 0) is 6.42 Å². The summed E-state index contributed by atoms with van der Waals surface area (Å²) in [6.07, 6.45) is 3.99. The third-order valence-electron chi connectivity index (χ3n) is 2.78. The van der Waals surface area contributed by atoms with Gasteiger partial charge in [0.15, 0.2) is 11.6 Å². The molecule has 0 bridgehead atoms. The second-order valence-electron chi connectivity index (χ2n) is 4.07. The Morgan fingerprint density at radius 1 is 1.39 bits per heavy atom. The molecule has 4 heteroatoms. The van der Waals surface area contributed by atoms with Crippen LogP contribution in [0.1, 0.15) is 17.2 Å². The highest BCUT2D eigenvalue weighted by molar-refractivity contribution is 5.30. The van der Waals surface area contributed by atoms with Crippen LogP contribution in [0.4, 0.5) is 4.39 Å². The molecule has 2 N–H and O–H groups in total. The Morgan fingerprint density at radius 3 is 2.83 bits per heavy atom. The fraction of sp³-hybridized carbons (Fsp3) is 0.214. The Bertz CT molecular complexity index is 516. The minimum absolute atomic E-state index is 0.188. The fourth-order valence-electron chi connectivity index (χ4n) is 1.80. The van der Waals surface area contributed by atoms with Gasteiger partial charge in [0.2, 0.25) is 0 Å². The van der Waals surface area contributed by atoms with Crippen LogP contribution in [0.15, 0.2) is 42.7 Å². The topological polar surface area (TPSA) is 48.1 Å². The van der Waals surface area contributed by atoms with Crippen LogP contribution in [0, 0.1) is 5.82 Å². The molecule has 0 radical (unpaired) electrons. The number of ether oxygens (including phenoxy) is 1. The molecular formula is C14H15FN2O. The summed E-state index contributed by atoms with van der Waals surface area (Å²) in [7, 11) is 1.44. The normalized spacial score (nSPS) is 12.2. The first-order chi connectivity index (χ1) is 8.70. The average molecular weight is 246 g/mol. The molecule has 0 amide bonds. The lowest BCUT2D eigenvalue weighted by Crippen LogP contribution is -2.13. The van der Waals surface area contributed by atoms with Crippen molar-refractivity contribution in [1.29, 1.82) is 0 Å². The Hall–Kier alpha value is -1.94. The quantitative estimate of drug-likeness (QED) is 0.901. The van der Waals surface area contributed by atoms with Gasteiger partial charge in [-0.15, -0.1) is 0 Å². The van der Waals surface area contributed by atoms with Crippen LogP contribution < -0.4 is 10.5 Å². The molecule has 1 heterocycles. The summed E-state index contributed by atoms with van der Waals surface area (Å²) in [5, 5.41) is 0. The number of benzene rings is 1. The van der Waals surface area contributed by atoms with Gasteiger partial charge in [-0.3, -0.25) is 4.98 Å². The number of rotatable bonds is 4. The molecule has 0 spiro atoms. The zero-order valence-corrected chi connectivity index (χ0v) is 10.1. The molecule has 1 atom stereocenters. The second-order valence-corrected chi connectivity index (χ2v) is 4.07. The van der Waals surface area contributed by atoms with E-state index in [-0.39, 0.29) is 17.6 Å². The zero-order valence-electron chi connectivity index (χ0n) is 10.1. The van der Waals surface area contributed by atoms with Gasteiger partial charge >= 0.3 is 0 Å². The number of nitrogens with zero attached hydrogens (tertiary/aromatic N) is 1. The van der Waals surface area contributed by atoms with Crippen LogP contribution >= 0.6 is 0 Å².